The number of rotatable bonds is 6. The lowest BCUT2D eigenvalue weighted by Crippen LogP contribution is -2.28. The highest BCUT2D eigenvalue weighted by atomic mass is 16.4. The first-order valence-corrected chi connectivity index (χ1v) is 6.77. The molecule has 0 spiro atoms. The van der Waals surface area contributed by atoms with Gasteiger partial charge in [0.1, 0.15) is 0 Å². The van der Waals surface area contributed by atoms with Crippen LogP contribution < -0.4 is 5.32 Å². The van der Waals surface area contributed by atoms with Gasteiger partial charge in [-0.1, -0.05) is 24.3 Å². The van der Waals surface area contributed by atoms with E-state index in [0.717, 1.165) is 16.5 Å². The van der Waals surface area contributed by atoms with Gasteiger partial charge in [-0.3, -0.25) is 9.78 Å². The highest BCUT2D eigenvalue weighted by Crippen LogP contribution is 2.20. The monoisotopic (exact) mass is 272 g/mol. The van der Waals surface area contributed by atoms with Gasteiger partial charge in [0.05, 0.1) is 10.9 Å². The first kappa shape index (κ1) is 14.5. The van der Waals surface area contributed by atoms with Gasteiger partial charge in [-0.25, -0.2) is 0 Å². The number of nitrogens with zero attached hydrogens (tertiary/aromatic N) is 1. The van der Waals surface area contributed by atoms with Crippen molar-refractivity contribution in [1.29, 1.82) is 0 Å². The predicted octanol–water partition coefficient (Wildman–Crippen LogP) is 2.83. The van der Waals surface area contributed by atoms with E-state index in [9.17, 15) is 4.79 Å². The normalized spacial score (nSPS) is 11.7. The molecule has 0 amide bonds. The second-order valence-corrected chi connectivity index (χ2v) is 5.61. The van der Waals surface area contributed by atoms with E-state index in [-0.39, 0.29) is 0 Å². The maximum absolute atomic E-state index is 11.0. The van der Waals surface area contributed by atoms with Gasteiger partial charge in [0.15, 0.2) is 0 Å². The Morgan fingerprint density at radius 2 is 2.05 bits per heavy atom. The fourth-order valence-corrected chi connectivity index (χ4v) is 2.04. The standard InChI is InChI=1S/C16H20N2O2/c1-16(2,15(19)20)8-10-17-11-13-6-3-5-12-7-4-9-18-14(12)13/h3-7,9,17H,8,10-11H2,1-2H3,(H,19,20). The number of pyridine rings is 1. The molecule has 0 saturated heterocycles. The minimum Gasteiger partial charge on any atom is -0.481 e. The molecule has 1 aromatic carbocycles. The van der Waals surface area contributed by atoms with Crippen molar-refractivity contribution >= 4 is 16.9 Å². The first-order chi connectivity index (χ1) is 9.50. The maximum Gasteiger partial charge on any atom is 0.309 e. The van der Waals surface area contributed by atoms with Crippen molar-refractivity contribution < 1.29 is 9.90 Å². The van der Waals surface area contributed by atoms with E-state index in [2.05, 4.69) is 10.3 Å². The van der Waals surface area contributed by atoms with Crippen LogP contribution in [0.3, 0.4) is 0 Å². The number of hydrogen-bond acceptors (Lipinski definition) is 3. The number of nitrogens with one attached hydrogen (secondary N) is 1. The number of hydrogen-bond donors (Lipinski definition) is 2. The average molecular weight is 272 g/mol. The Hall–Kier alpha value is -1.94. The smallest absolute Gasteiger partial charge is 0.309 e. The Labute approximate surface area is 118 Å². The van der Waals surface area contributed by atoms with Crippen LogP contribution in [0.2, 0.25) is 0 Å². The summed E-state index contributed by atoms with van der Waals surface area (Å²) in [7, 11) is 0. The van der Waals surface area contributed by atoms with Crippen LogP contribution in [0.25, 0.3) is 10.9 Å². The molecule has 4 nitrogen and oxygen atoms in total. The summed E-state index contributed by atoms with van der Waals surface area (Å²) in [6, 6.07) is 10.1. The number of para-hydroxylation sites is 1. The highest BCUT2D eigenvalue weighted by molar-refractivity contribution is 5.81. The second kappa shape index (κ2) is 6.01. The predicted molar refractivity (Wildman–Crippen MR) is 79.5 cm³/mol. The van der Waals surface area contributed by atoms with Crippen molar-refractivity contribution in [2.75, 3.05) is 6.54 Å². The van der Waals surface area contributed by atoms with Gasteiger partial charge in [-0.15, -0.1) is 0 Å². The zero-order chi connectivity index (χ0) is 14.6. The summed E-state index contributed by atoms with van der Waals surface area (Å²) >= 11 is 0. The first-order valence-electron chi connectivity index (χ1n) is 6.77. The Bertz CT molecular complexity index is 603. The average Bonchev–Trinajstić information content (AvgIpc) is 2.43. The number of fused-ring (bicyclic) bond motifs is 1. The third-order valence-corrected chi connectivity index (χ3v) is 3.54. The van der Waals surface area contributed by atoms with Crippen molar-refractivity contribution in [3.63, 3.8) is 0 Å². The van der Waals surface area contributed by atoms with Crippen LogP contribution in [0, 0.1) is 5.41 Å². The maximum atomic E-state index is 11.0. The van der Waals surface area contributed by atoms with E-state index in [4.69, 9.17) is 5.11 Å². The number of carboxylic acid groups (broad SMARTS) is 1. The summed E-state index contributed by atoms with van der Waals surface area (Å²) in [6.45, 7) is 4.86. The van der Waals surface area contributed by atoms with Gasteiger partial charge in [0.2, 0.25) is 0 Å². The van der Waals surface area contributed by atoms with E-state index >= 15 is 0 Å². The van der Waals surface area contributed by atoms with Gasteiger partial charge in [0.25, 0.3) is 0 Å². The topological polar surface area (TPSA) is 62.2 Å². The lowest BCUT2D eigenvalue weighted by molar-refractivity contribution is -0.147. The van der Waals surface area contributed by atoms with Crippen molar-refractivity contribution in [3.05, 3.63) is 42.1 Å². The van der Waals surface area contributed by atoms with Gasteiger partial charge in [0, 0.05) is 18.1 Å². The number of aromatic nitrogens is 1. The van der Waals surface area contributed by atoms with Gasteiger partial charge >= 0.3 is 5.97 Å². The molecule has 2 rings (SSSR count). The zero-order valence-electron chi connectivity index (χ0n) is 11.9. The molecule has 2 aromatic rings. The number of aliphatic carboxylic acids is 1. The Balaban J connectivity index is 1.95. The third kappa shape index (κ3) is 3.33. The quantitative estimate of drug-likeness (QED) is 0.794. The Morgan fingerprint density at radius 3 is 2.80 bits per heavy atom. The largest absolute Gasteiger partial charge is 0.481 e. The Kier molecular flexibility index (Phi) is 4.35. The molecule has 0 atom stereocenters. The summed E-state index contributed by atoms with van der Waals surface area (Å²) in [5.41, 5.74) is 1.44. The molecular weight excluding hydrogens is 252 g/mol. The van der Waals surface area contributed by atoms with Crippen molar-refractivity contribution in [1.82, 2.24) is 10.3 Å². The molecule has 106 valence electrons. The molecular formula is C16H20N2O2. The summed E-state index contributed by atoms with van der Waals surface area (Å²) in [6.07, 6.45) is 2.39. The zero-order valence-corrected chi connectivity index (χ0v) is 11.9. The van der Waals surface area contributed by atoms with Crippen molar-refractivity contribution in [2.45, 2.75) is 26.8 Å². The lowest BCUT2D eigenvalue weighted by Gasteiger charge is -2.19. The molecule has 20 heavy (non-hydrogen) atoms. The van der Waals surface area contributed by atoms with E-state index < -0.39 is 11.4 Å². The molecule has 0 bridgehead atoms. The molecule has 1 heterocycles. The van der Waals surface area contributed by atoms with E-state index in [1.807, 2.05) is 30.3 Å². The summed E-state index contributed by atoms with van der Waals surface area (Å²) in [5.74, 6) is -0.758. The second-order valence-electron chi connectivity index (χ2n) is 5.61. The highest BCUT2D eigenvalue weighted by Gasteiger charge is 2.26. The molecule has 0 saturated carbocycles. The van der Waals surface area contributed by atoms with Crippen LogP contribution in [0.15, 0.2) is 36.5 Å². The molecule has 1 aromatic heterocycles. The summed E-state index contributed by atoms with van der Waals surface area (Å²) in [4.78, 5) is 15.4. The molecule has 2 N–H and O–H groups in total. The molecule has 0 fully saturated rings. The molecule has 0 aliphatic heterocycles. The number of carboxylic acids is 1. The van der Waals surface area contributed by atoms with Crippen LogP contribution in [-0.2, 0) is 11.3 Å². The third-order valence-electron chi connectivity index (χ3n) is 3.54. The number of carbonyl (C=O) groups is 1. The SMILES string of the molecule is CC(C)(CCNCc1cccc2cccnc12)C(=O)O. The van der Waals surface area contributed by atoms with Crippen LogP contribution in [-0.4, -0.2) is 22.6 Å². The van der Waals surface area contributed by atoms with Crippen LogP contribution in [0.5, 0.6) is 0 Å². The fourth-order valence-electron chi connectivity index (χ4n) is 2.04. The molecule has 0 aliphatic rings. The molecule has 4 heteroatoms. The number of benzene rings is 1. The molecule has 0 radical (unpaired) electrons. The van der Waals surface area contributed by atoms with E-state index in [1.165, 1.54) is 0 Å². The molecule has 0 aliphatic carbocycles. The van der Waals surface area contributed by atoms with Crippen molar-refractivity contribution in [3.8, 4) is 0 Å². The lowest BCUT2D eigenvalue weighted by atomic mass is 9.90. The van der Waals surface area contributed by atoms with Gasteiger partial charge in [-0.2, -0.15) is 0 Å². The van der Waals surface area contributed by atoms with Gasteiger partial charge < -0.3 is 10.4 Å². The minimum absolute atomic E-state index is 0.598. The van der Waals surface area contributed by atoms with Crippen molar-refractivity contribution in [2.24, 2.45) is 5.41 Å². The van der Waals surface area contributed by atoms with E-state index in [1.54, 1.807) is 20.0 Å². The van der Waals surface area contributed by atoms with Gasteiger partial charge in [-0.05, 0) is 38.4 Å². The van der Waals surface area contributed by atoms with E-state index in [0.29, 0.717) is 19.5 Å². The minimum atomic E-state index is -0.758. The fraction of sp³-hybridized carbons (Fsp3) is 0.375. The van der Waals surface area contributed by atoms with Crippen LogP contribution in [0.1, 0.15) is 25.8 Å². The van der Waals surface area contributed by atoms with Crippen LogP contribution in [0.4, 0.5) is 0 Å². The van der Waals surface area contributed by atoms with Crippen LogP contribution >= 0.6 is 0 Å². The summed E-state index contributed by atoms with van der Waals surface area (Å²) in [5, 5.41) is 13.5. The summed E-state index contributed by atoms with van der Waals surface area (Å²) < 4.78 is 0. The Morgan fingerprint density at radius 1 is 1.30 bits per heavy atom. The molecule has 0 unspecified atom stereocenters.